The number of carbonyl (C=O) groups excluding carboxylic acids is 1. The number of nitrogens with zero attached hydrogens (tertiary/aromatic N) is 1. The van der Waals surface area contributed by atoms with Crippen LogP contribution in [0.4, 0.5) is 0 Å². The standard InChI is InChI=1S/C11H19NO3/c1-14-10-2-4-12(7-10)6-9-8-15-5-3-11(9)13/h9-10H,2-8H2,1H3. The molecule has 0 N–H and O–H groups in total. The number of hydrogen-bond acceptors (Lipinski definition) is 4. The van der Waals surface area contributed by atoms with Gasteiger partial charge in [-0.1, -0.05) is 0 Å². The molecular formula is C11H19NO3. The molecule has 15 heavy (non-hydrogen) atoms. The molecule has 2 saturated heterocycles. The summed E-state index contributed by atoms with van der Waals surface area (Å²) in [6.45, 7) is 4.06. The molecule has 2 unspecified atom stereocenters. The third kappa shape index (κ3) is 2.77. The molecule has 0 radical (unpaired) electrons. The van der Waals surface area contributed by atoms with E-state index in [9.17, 15) is 4.79 Å². The maximum atomic E-state index is 11.6. The van der Waals surface area contributed by atoms with Gasteiger partial charge < -0.3 is 9.47 Å². The number of rotatable bonds is 3. The first-order valence-corrected chi connectivity index (χ1v) is 5.65. The Bertz CT molecular complexity index is 232. The minimum Gasteiger partial charge on any atom is -0.380 e. The molecule has 86 valence electrons. The van der Waals surface area contributed by atoms with Gasteiger partial charge in [0, 0.05) is 33.2 Å². The second kappa shape index (κ2) is 5.05. The first kappa shape index (κ1) is 11.0. The van der Waals surface area contributed by atoms with Crippen molar-refractivity contribution in [3.8, 4) is 0 Å². The minimum absolute atomic E-state index is 0.0920. The maximum absolute atomic E-state index is 11.6. The predicted octanol–water partition coefficient (Wildman–Crippen LogP) is 0.313. The van der Waals surface area contributed by atoms with Crippen LogP contribution in [0.5, 0.6) is 0 Å². The Morgan fingerprint density at radius 1 is 1.60 bits per heavy atom. The van der Waals surface area contributed by atoms with E-state index in [1.54, 1.807) is 7.11 Å². The molecule has 0 aromatic rings. The number of ether oxygens (including phenoxy) is 2. The largest absolute Gasteiger partial charge is 0.380 e. The second-order valence-corrected chi connectivity index (χ2v) is 4.39. The molecular weight excluding hydrogens is 194 g/mol. The van der Waals surface area contributed by atoms with E-state index in [-0.39, 0.29) is 5.92 Å². The van der Waals surface area contributed by atoms with Gasteiger partial charge in [0.25, 0.3) is 0 Å². The molecule has 2 atom stereocenters. The molecule has 0 aliphatic carbocycles. The second-order valence-electron chi connectivity index (χ2n) is 4.39. The summed E-state index contributed by atoms with van der Waals surface area (Å²) in [4.78, 5) is 13.9. The minimum atomic E-state index is 0.0920. The summed E-state index contributed by atoms with van der Waals surface area (Å²) in [5.41, 5.74) is 0. The van der Waals surface area contributed by atoms with Gasteiger partial charge in [-0.3, -0.25) is 9.69 Å². The Kier molecular flexibility index (Phi) is 3.72. The average Bonchev–Trinajstić information content (AvgIpc) is 2.69. The highest BCUT2D eigenvalue weighted by molar-refractivity contribution is 5.82. The highest BCUT2D eigenvalue weighted by Gasteiger charge is 2.29. The fraction of sp³-hybridized carbons (Fsp3) is 0.909. The topological polar surface area (TPSA) is 38.8 Å². The average molecular weight is 213 g/mol. The molecule has 4 nitrogen and oxygen atoms in total. The summed E-state index contributed by atoms with van der Waals surface area (Å²) >= 11 is 0. The molecule has 0 bridgehead atoms. The fourth-order valence-electron chi connectivity index (χ4n) is 2.32. The van der Waals surface area contributed by atoms with Gasteiger partial charge in [0.15, 0.2) is 0 Å². The molecule has 0 aromatic carbocycles. The van der Waals surface area contributed by atoms with Crippen LogP contribution in [0.2, 0.25) is 0 Å². The molecule has 2 heterocycles. The van der Waals surface area contributed by atoms with Crippen LogP contribution in [0.25, 0.3) is 0 Å². The van der Waals surface area contributed by atoms with E-state index in [4.69, 9.17) is 9.47 Å². The first-order chi connectivity index (χ1) is 7.29. The Labute approximate surface area is 90.5 Å². The van der Waals surface area contributed by atoms with E-state index in [1.807, 2.05) is 0 Å². The SMILES string of the molecule is COC1CCN(CC2COCCC2=O)C1. The molecule has 2 aliphatic rings. The van der Waals surface area contributed by atoms with E-state index in [1.165, 1.54) is 0 Å². The van der Waals surface area contributed by atoms with E-state index in [0.717, 1.165) is 26.1 Å². The van der Waals surface area contributed by atoms with Crippen LogP contribution in [-0.4, -0.2) is 56.7 Å². The van der Waals surface area contributed by atoms with E-state index >= 15 is 0 Å². The van der Waals surface area contributed by atoms with Gasteiger partial charge in [-0.15, -0.1) is 0 Å². The number of likely N-dealkylation sites (tertiary alicyclic amines) is 1. The van der Waals surface area contributed by atoms with Gasteiger partial charge in [0.2, 0.25) is 0 Å². The van der Waals surface area contributed by atoms with Gasteiger partial charge in [0.1, 0.15) is 5.78 Å². The van der Waals surface area contributed by atoms with Gasteiger partial charge >= 0.3 is 0 Å². The summed E-state index contributed by atoms with van der Waals surface area (Å²) < 4.78 is 10.6. The first-order valence-electron chi connectivity index (χ1n) is 5.65. The molecule has 0 amide bonds. The lowest BCUT2D eigenvalue weighted by Crippen LogP contribution is -2.38. The van der Waals surface area contributed by atoms with Crippen LogP contribution < -0.4 is 0 Å². The monoisotopic (exact) mass is 213 g/mol. The lowest BCUT2D eigenvalue weighted by molar-refractivity contribution is -0.131. The molecule has 2 rings (SSSR count). The Morgan fingerprint density at radius 2 is 2.47 bits per heavy atom. The zero-order valence-corrected chi connectivity index (χ0v) is 9.28. The quantitative estimate of drug-likeness (QED) is 0.676. The van der Waals surface area contributed by atoms with Gasteiger partial charge in [0.05, 0.1) is 25.2 Å². The summed E-state index contributed by atoms with van der Waals surface area (Å²) in [6.07, 6.45) is 2.02. The number of carbonyl (C=O) groups is 1. The summed E-state index contributed by atoms with van der Waals surface area (Å²) in [7, 11) is 1.75. The summed E-state index contributed by atoms with van der Waals surface area (Å²) in [6, 6.07) is 0. The lowest BCUT2D eigenvalue weighted by atomic mass is 10.0. The maximum Gasteiger partial charge on any atom is 0.141 e. The van der Waals surface area contributed by atoms with Gasteiger partial charge in [-0.25, -0.2) is 0 Å². The number of hydrogen-bond donors (Lipinski definition) is 0. The number of ketones is 1. The van der Waals surface area contributed by atoms with E-state index in [0.29, 0.717) is 31.5 Å². The van der Waals surface area contributed by atoms with Crippen LogP contribution in [0.3, 0.4) is 0 Å². The molecule has 2 fully saturated rings. The molecule has 0 saturated carbocycles. The number of methoxy groups -OCH3 is 1. The van der Waals surface area contributed by atoms with Crippen LogP contribution in [0.1, 0.15) is 12.8 Å². The highest BCUT2D eigenvalue weighted by atomic mass is 16.5. The fourth-order valence-corrected chi connectivity index (χ4v) is 2.32. The molecule has 0 spiro atoms. The Morgan fingerprint density at radius 3 is 3.13 bits per heavy atom. The van der Waals surface area contributed by atoms with E-state index < -0.39 is 0 Å². The summed E-state index contributed by atoms with van der Waals surface area (Å²) in [5.74, 6) is 0.455. The zero-order valence-electron chi connectivity index (χ0n) is 9.28. The van der Waals surface area contributed by atoms with Crippen molar-refractivity contribution in [2.75, 3.05) is 40.0 Å². The van der Waals surface area contributed by atoms with Crippen molar-refractivity contribution in [3.05, 3.63) is 0 Å². The van der Waals surface area contributed by atoms with E-state index in [2.05, 4.69) is 4.90 Å². The van der Waals surface area contributed by atoms with Crippen molar-refractivity contribution >= 4 is 5.78 Å². The molecule has 4 heteroatoms. The van der Waals surface area contributed by atoms with Crippen molar-refractivity contribution in [2.24, 2.45) is 5.92 Å². The van der Waals surface area contributed by atoms with Crippen molar-refractivity contribution < 1.29 is 14.3 Å². The summed E-state index contributed by atoms with van der Waals surface area (Å²) in [5, 5.41) is 0. The van der Waals surface area contributed by atoms with Crippen LogP contribution in [0, 0.1) is 5.92 Å². The van der Waals surface area contributed by atoms with Crippen LogP contribution >= 0.6 is 0 Å². The zero-order chi connectivity index (χ0) is 10.7. The third-order valence-corrected chi connectivity index (χ3v) is 3.31. The van der Waals surface area contributed by atoms with Gasteiger partial charge in [-0.05, 0) is 6.42 Å². The Hall–Kier alpha value is -0.450. The van der Waals surface area contributed by atoms with Crippen molar-refractivity contribution in [2.45, 2.75) is 18.9 Å². The smallest absolute Gasteiger partial charge is 0.141 e. The molecule has 0 aromatic heterocycles. The third-order valence-electron chi connectivity index (χ3n) is 3.31. The van der Waals surface area contributed by atoms with Crippen molar-refractivity contribution in [3.63, 3.8) is 0 Å². The lowest BCUT2D eigenvalue weighted by Gasteiger charge is -2.25. The van der Waals surface area contributed by atoms with Crippen LogP contribution in [0.15, 0.2) is 0 Å². The molecule has 2 aliphatic heterocycles. The normalized spacial score (nSPS) is 33.5. The van der Waals surface area contributed by atoms with Crippen LogP contribution in [-0.2, 0) is 14.3 Å². The van der Waals surface area contributed by atoms with Crippen molar-refractivity contribution in [1.82, 2.24) is 4.90 Å². The number of Topliss-reactive ketones (excluding diaryl/α,β-unsaturated/α-hetero) is 1. The highest BCUT2D eigenvalue weighted by Crippen LogP contribution is 2.17. The predicted molar refractivity (Wildman–Crippen MR) is 55.8 cm³/mol. The Balaban J connectivity index is 1.79. The van der Waals surface area contributed by atoms with Gasteiger partial charge in [-0.2, -0.15) is 0 Å². The van der Waals surface area contributed by atoms with Crippen molar-refractivity contribution in [1.29, 1.82) is 0 Å².